The molecule has 2 saturated heterocycles. The second-order valence-corrected chi connectivity index (χ2v) is 17.0. The third-order valence-corrected chi connectivity index (χ3v) is 13.8. The van der Waals surface area contributed by atoms with E-state index < -0.39 is 35.4 Å². The summed E-state index contributed by atoms with van der Waals surface area (Å²) in [5.41, 5.74) is 13.8. The van der Waals surface area contributed by atoms with Gasteiger partial charge in [-0.25, -0.2) is 0 Å². The van der Waals surface area contributed by atoms with Gasteiger partial charge >= 0.3 is 0 Å². The molecule has 0 spiro atoms. The summed E-state index contributed by atoms with van der Waals surface area (Å²) in [6.07, 6.45) is 6.89. The first-order chi connectivity index (χ1) is 22.9. The molecule has 0 bridgehead atoms. The number of hydrogen-bond acceptors (Lipinski definition) is 12. The monoisotopic (exact) mass is 762 g/mol. The van der Waals surface area contributed by atoms with E-state index in [0.717, 1.165) is 95.8 Å². The van der Waals surface area contributed by atoms with Gasteiger partial charge in [-0.2, -0.15) is 0 Å². The van der Waals surface area contributed by atoms with E-state index in [1.807, 2.05) is 0 Å². The van der Waals surface area contributed by atoms with Crippen LogP contribution < -0.4 is 22.1 Å². The lowest BCUT2D eigenvalue weighted by atomic mass is 9.95. The molecule has 0 aromatic carbocycles. The molecule has 4 heterocycles. The van der Waals surface area contributed by atoms with Crippen LogP contribution in [0.3, 0.4) is 0 Å². The van der Waals surface area contributed by atoms with Crippen molar-refractivity contribution in [3.63, 3.8) is 0 Å². The van der Waals surface area contributed by atoms with E-state index in [2.05, 4.69) is 10.6 Å². The fraction of sp³-hybridized carbons (Fsp3) is 0.400. The van der Waals surface area contributed by atoms with Gasteiger partial charge in [-0.1, -0.05) is 48.0 Å². The number of thiophene rings is 2. The number of carbonyl (C=O) groups is 6. The summed E-state index contributed by atoms with van der Waals surface area (Å²) < 4.78 is 0.390. The Morgan fingerprint density at radius 3 is 1.40 bits per heavy atom. The van der Waals surface area contributed by atoms with Crippen LogP contribution >= 0.6 is 70.6 Å². The maximum Gasteiger partial charge on any atom is 0.267 e. The van der Waals surface area contributed by atoms with E-state index in [9.17, 15) is 28.8 Å². The zero-order valence-corrected chi connectivity index (χ0v) is 30.3. The minimum Gasteiger partial charge on any atom is -0.365 e. The molecule has 6 amide bonds. The molecular formula is C30H30N6O6S6. The van der Waals surface area contributed by atoms with E-state index in [-0.39, 0.29) is 44.4 Å². The van der Waals surface area contributed by atoms with Gasteiger partial charge in [-0.3, -0.25) is 38.6 Å². The van der Waals surface area contributed by atoms with Crippen molar-refractivity contribution >= 4 is 125 Å². The predicted octanol–water partition coefficient (Wildman–Crippen LogP) is 4.05. The van der Waals surface area contributed by atoms with Crippen molar-refractivity contribution in [1.82, 2.24) is 9.80 Å². The molecule has 0 saturated carbocycles. The molecule has 2 aliphatic heterocycles. The van der Waals surface area contributed by atoms with Crippen LogP contribution in [0.4, 0.5) is 10.0 Å². The standard InChI is InChI=1S/C30H30N6O6S6/c31-23(39)19-13-5-1-3-7-15(13)45-25(19)33-17(37)9-11-35-27(41)21(47-29(35)43)22-28(42)36(30(44)48-22)12-10-18(38)34-26-20(24(32)40)14-6-2-4-8-16(14)46-26/h1-12H2,(H2,31,39)(H2,32,40)(H,33,37)(H,34,38)/b22-21+. The summed E-state index contributed by atoms with van der Waals surface area (Å²) in [6, 6.07) is 0. The lowest BCUT2D eigenvalue weighted by molar-refractivity contribution is -0.125. The topological polar surface area (TPSA) is 185 Å². The summed E-state index contributed by atoms with van der Waals surface area (Å²) in [4.78, 5) is 81.8. The molecule has 0 atom stereocenters. The third kappa shape index (κ3) is 6.82. The second-order valence-electron chi connectivity index (χ2n) is 11.5. The highest BCUT2D eigenvalue weighted by atomic mass is 32.2. The number of thioether (sulfide) groups is 2. The van der Waals surface area contributed by atoms with Crippen LogP contribution in [0.2, 0.25) is 0 Å². The van der Waals surface area contributed by atoms with Crippen LogP contribution in [0.5, 0.6) is 0 Å². The molecule has 4 aliphatic rings. The predicted molar refractivity (Wildman–Crippen MR) is 196 cm³/mol. The first-order valence-electron chi connectivity index (χ1n) is 15.2. The van der Waals surface area contributed by atoms with Crippen molar-refractivity contribution in [2.24, 2.45) is 11.5 Å². The third-order valence-electron chi connectivity index (χ3n) is 8.37. The average Bonchev–Trinajstić information content (AvgIpc) is 3.75. The molecule has 18 heteroatoms. The van der Waals surface area contributed by atoms with E-state index >= 15 is 0 Å². The maximum atomic E-state index is 13.4. The van der Waals surface area contributed by atoms with Crippen LogP contribution in [-0.4, -0.2) is 67.0 Å². The minimum absolute atomic E-state index is 0.0309. The minimum atomic E-state index is -0.585. The smallest absolute Gasteiger partial charge is 0.267 e. The lowest BCUT2D eigenvalue weighted by Gasteiger charge is -2.15. The van der Waals surface area contributed by atoms with Gasteiger partial charge in [0.1, 0.15) is 18.6 Å². The summed E-state index contributed by atoms with van der Waals surface area (Å²) in [7, 11) is 0. The van der Waals surface area contributed by atoms with Crippen LogP contribution in [0, 0.1) is 0 Å². The van der Waals surface area contributed by atoms with Gasteiger partial charge in [0.05, 0.1) is 20.9 Å². The highest BCUT2D eigenvalue weighted by molar-refractivity contribution is 8.29. The number of thiocarbonyl (C=S) groups is 2. The van der Waals surface area contributed by atoms with Gasteiger partial charge in [0.25, 0.3) is 23.6 Å². The fourth-order valence-electron chi connectivity index (χ4n) is 6.09. The molecule has 2 aromatic rings. The molecule has 2 aliphatic carbocycles. The van der Waals surface area contributed by atoms with Crippen molar-refractivity contribution in [2.45, 2.75) is 64.2 Å². The van der Waals surface area contributed by atoms with Gasteiger partial charge in [0.2, 0.25) is 11.8 Å². The molecule has 2 fully saturated rings. The van der Waals surface area contributed by atoms with E-state index in [1.54, 1.807) is 0 Å². The number of nitrogens with zero attached hydrogens (tertiary/aromatic N) is 2. The van der Waals surface area contributed by atoms with Crippen LogP contribution in [-0.2, 0) is 44.9 Å². The largest absolute Gasteiger partial charge is 0.365 e. The van der Waals surface area contributed by atoms with Crippen molar-refractivity contribution in [3.05, 3.63) is 41.8 Å². The Morgan fingerprint density at radius 2 is 1.02 bits per heavy atom. The summed E-state index contributed by atoms with van der Waals surface area (Å²) in [5, 5.41) is 6.42. The lowest BCUT2D eigenvalue weighted by Crippen LogP contribution is -2.33. The summed E-state index contributed by atoms with van der Waals surface area (Å²) in [5.74, 6) is -3.00. The first kappa shape index (κ1) is 34.7. The number of primary amides is 2. The maximum absolute atomic E-state index is 13.4. The number of anilines is 2. The van der Waals surface area contributed by atoms with Crippen LogP contribution in [0.25, 0.3) is 0 Å². The normalized spacial score (nSPS) is 19.1. The number of rotatable bonds is 10. The quantitative estimate of drug-likeness (QED) is 0.203. The van der Waals surface area contributed by atoms with Gasteiger partial charge in [-0.05, 0) is 62.5 Å². The fourth-order valence-corrected chi connectivity index (χ4v) is 11.5. The Bertz CT molecular complexity index is 1720. The van der Waals surface area contributed by atoms with Crippen molar-refractivity contribution in [1.29, 1.82) is 0 Å². The first-order valence-corrected chi connectivity index (χ1v) is 19.3. The van der Waals surface area contributed by atoms with Gasteiger partial charge in [0, 0.05) is 35.7 Å². The molecule has 12 nitrogen and oxygen atoms in total. The van der Waals surface area contributed by atoms with Crippen molar-refractivity contribution in [3.8, 4) is 0 Å². The Morgan fingerprint density at radius 1 is 0.646 bits per heavy atom. The number of hydrogen-bond donors (Lipinski definition) is 4. The number of aryl methyl sites for hydroxylation is 2. The Hall–Kier alpha value is -3.16. The highest BCUT2D eigenvalue weighted by Gasteiger charge is 2.42. The number of amides is 6. The van der Waals surface area contributed by atoms with Crippen LogP contribution in [0.1, 0.15) is 80.1 Å². The molecular weight excluding hydrogens is 733 g/mol. The summed E-state index contributed by atoms with van der Waals surface area (Å²) >= 11 is 15.5. The number of carbonyl (C=O) groups excluding carboxylic acids is 6. The number of nitrogens with one attached hydrogen (secondary N) is 2. The molecule has 48 heavy (non-hydrogen) atoms. The SMILES string of the molecule is NC(=O)c1c(NC(=O)CCN2C(=O)/C(=C3\SC(=S)N(CCC(=O)Nc4sc5c(c4C(N)=O)CCCC5)C3=O)SC2=S)sc2c1CCCC2. The van der Waals surface area contributed by atoms with E-state index in [4.69, 9.17) is 35.9 Å². The van der Waals surface area contributed by atoms with Crippen LogP contribution in [0.15, 0.2) is 9.81 Å². The van der Waals surface area contributed by atoms with Crippen molar-refractivity contribution in [2.75, 3.05) is 23.7 Å². The van der Waals surface area contributed by atoms with Crippen molar-refractivity contribution < 1.29 is 28.8 Å². The molecule has 0 unspecified atom stereocenters. The zero-order chi connectivity index (χ0) is 34.3. The highest BCUT2D eigenvalue weighted by Crippen LogP contribution is 2.43. The zero-order valence-electron chi connectivity index (χ0n) is 25.4. The second kappa shape index (κ2) is 14.4. The summed E-state index contributed by atoms with van der Waals surface area (Å²) in [6.45, 7) is -0.0617. The average molecular weight is 763 g/mol. The molecule has 6 N–H and O–H groups in total. The van der Waals surface area contributed by atoms with E-state index in [1.165, 1.54) is 32.5 Å². The number of nitrogens with two attached hydrogens (primary N) is 2. The van der Waals surface area contributed by atoms with E-state index in [0.29, 0.717) is 21.1 Å². The Kier molecular flexibility index (Phi) is 10.4. The van der Waals surface area contributed by atoms with Gasteiger partial charge in [0.15, 0.2) is 0 Å². The van der Waals surface area contributed by atoms with Gasteiger partial charge in [-0.15, -0.1) is 22.7 Å². The molecule has 252 valence electrons. The molecule has 2 aromatic heterocycles. The Labute approximate surface area is 302 Å². The molecule has 0 radical (unpaired) electrons. The van der Waals surface area contributed by atoms with Gasteiger partial charge < -0.3 is 22.1 Å². The number of fused-ring (bicyclic) bond motifs is 2. The Balaban J connectivity index is 1.06. The molecule has 6 rings (SSSR count).